The molecular weight excluding hydrogens is 304 g/mol. The Kier molecular flexibility index (Phi) is 7.20. The van der Waals surface area contributed by atoms with E-state index in [9.17, 15) is 0 Å². The van der Waals surface area contributed by atoms with E-state index in [1.54, 1.807) is 11.8 Å². The number of rotatable bonds is 8. The van der Waals surface area contributed by atoms with E-state index in [2.05, 4.69) is 43.6 Å². The average Bonchev–Trinajstić information content (AvgIpc) is 2.48. The van der Waals surface area contributed by atoms with Crippen molar-refractivity contribution < 1.29 is 0 Å². The Hall–Kier alpha value is -0.390. The predicted molar refractivity (Wildman–Crippen MR) is 99.4 cm³/mol. The summed E-state index contributed by atoms with van der Waals surface area (Å²) in [5.74, 6) is 0. The predicted octanol–water partition coefficient (Wildman–Crippen LogP) is 4.38. The van der Waals surface area contributed by atoms with Crippen LogP contribution in [0.1, 0.15) is 32.3 Å². The lowest BCUT2D eigenvalue weighted by atomic mass is 10.0. The van der Waals surface area contributed by atoms with Gasteiger partial charge in [0.25, 0.3) is 0 Å². The van der Waals surface area contributed by atoms with Gasteiger partial charge in [0.15, 0.2) is 0 Å². The fraction of sp³-hybridized carbons (Fsp3) is 0.533. The third-order valence-corrected chi connectivity index (χ3v) is 6.39. The van der Waals surface area contributed by atoms with Crippen molar-refractivity contribution in [3.8, 4) is 0 Å². The Balaban J connectivity index is 3.01. The molecule has 0 fully saturated rings. The molecule has 0 saturated carbocycles. The lowest BCUT2D eigenvalue weighted by molar-refractivity contribution is 0.574. The van der Waals surface area contributed by atoms with Crippen molar-refractivity contribution in [2.24, 2.45) is 5.73 Å². The zero-order valence-corrected chi connectivity index (χ0v) is 15.1. The smallest absolute Gasteiger partial charge is 0.107 e. The molecule has 112 valence electrons. The molecule has 1 aromatic carbocycles. The molecule has 1 aromatic rings. The van der Waals surface area contributed by atoms with Crippen LogP contribution in [-0.4, -0.2) is 28.8 Å². The largest absolute Gasteiger partial charge is 0.389 e. The SMILES string of the molecule is CCC(CC)(CNc1cccc(SC)c1C(N)=S)SC. The fourth-order valence-corrected chi connectivity index (χ4v) is 3.94. The summed E-state index contributed by atoms with van der Waals surface area (Å²) in [6.07, 6.45) is 6.51. The first-order chi connectivity index (χ1) is 9.53. The van der Waals surface area contributed by atoms with Crippen LogP contribution in [0.3, 0.4) is 0 Å². The van der Waals surface area contributed by atoms with E-state index in [0.29, 0.717) is 4.99 Å². The molecule has 0 saturated heterocycles. The van der Waals surface area contributed by atoms with Crippen LogP contribution in [0.4, 0.5) is 5.69 Å². The van der Waals surface area contributed by atoms with Crippen LogP contribution < -0.4 is 11.1 Å². The van der Waals surface area contributed by atoms with E-state index in [0.717, 1.165) is 35.5 Å². The van der Waals surface area contributed by atoms with Crippen LogP contribution >= 0.6 is 35.7 Å². The second-order valence-corrected chi connectivity index (χ2v) is 7.26. The quantitative estimate of drug-likeness (QED) is 0.547. The van der Waals surface area contributed by atoms with Gasteiger partial charge in [-0.2, -0.15) is 11.8 Å². The van der Waals surface area contributed by atoms with E-state index in [-0.39, 0.29) is 4.75 Å². The molecule has 0 heterocycles. The van der Waals surface area contributed by atoms with Gasteiger partial charge in [-0.05, 0) is 37.5 Å². The number of anilines is 1. The van der Waals surface area contributed by atoms with Gasteiger partial charge in [0.1, 0.15) is 4.99 Å². The highest BCUT2D eigenvalue weighted by Crippen LogP contribution is 2.32. The normalized spacial score (nSPS) is 11.4. The summed E-state index contributed by atoms with van der Waals surface area (Å²) in [4.78, 5) is 1.59. The maximum atomic E-state index is 5.90. The number of hydrogen-bond donors (Lipinski definition) is 2. The molecule has 0 aliphatic heterocycles. The summed E-state index contributed by atoms with van der Waals surface area (Å²) in [7, 11) is 0. The second-order valence-electron chi connectivity index (χ2n) is 4.69. The van der Waals surface area contributed by atoms with Gasteiger partial charge in [0.2, 0.25) is 0 Å². The van der Waals surface area contributed by atoms with Crippen LogP contribution in [0, 0.1) is 0 Å². The van der Waals surface area contributed by atoms with Gasteiger partial charge < -0.3 is 11.1 Å². The van der Waals surface area contributed by atoms with Gasteiger partial charge in [-0.1, -0.05) is 32.1 Å². The van der Waals surface area contributed by atoms with E-state index in [1.165, 1.54) is 0 Å². The summed E-state index contributed by atoms with van der Waals surface area (Å²) >= 11 is 8.82. The first-order valence-electron chi connectivity index (χ1n) is 6.79. The molecule has 0 aliphatic rings. The van der Waals surface area contributed by atoms with Crippen LogP contribution in [0.5, 0.6) is 0 Å². The van der Waals surface area contributed by atoms with Crippen molar-refractivity contribution >= 4 is 46.4 Å². The molecule has 0 radical (unpaired) electrons. The monoisotopic (exact) mass is 328 g/mol. The maximum Gasteiger partial charge on any atom is 0.107 e. The molecule has 0 amide bonds. The van der Waals surface area contributed by atoms with Gasteiger partial charge in [-0.25, -0.2) is 0 Å². The molecular formula is C15H24N2S3. The molecule has 0 spiro atoms. The zero-order valence-electron chi connectivity index (χ0n) is 12.7. The molecule has 0 aliphatic carbocycles. The molecule has 2 nitrogen and oxygen atoms in total. The van der Waals surface area contributed by atoms with Gasteiger partial charge in [-0.3, -0.25) is 0 Å². The lowest BCUT2D eigenvalue weighted by Crippen LogP contribution is -2.32. The minimum atomic E-state index is 0.267. The van der Waals surface area contributed by atoms with Crippen molar-refractivity contribution in [3.05, 3.63) is 23.8 Å². The Morgan fingerprint density at radius 1 is 1.30 bits per heavy atom. The molecule has 5 heteroatoms. The van der Waals surface area contributed by atoms with E-state index in [4.69, 9.17) is 18.0 Å². The minimum Gasteiger partial charge on any atom is -0.389 e. The average molecular weight is 329 g/mol. The number of nitrogens with two attached hydrogens (primary N) is 1. The highest BCUT2D eigenvalue weighted by molar-refractivity contribution is 8.00. The lowest BCUT2D eigenvalue weighted by Gasteiger charge is -2.31. The third kappa shape index (κ3) is 4.06. The highest BCUT2D eigenvalue weighted by Gasteiger charge is 2.25. The summed E-state index contributed by atoms with van der Waals surface area (Å²) in [5.41, 5.74) is 7.92. The third-order valence-electron chi connectivity index (χ3n) is 3.82. The van der Waals surface area contributed by atoms with Crippen LogP contribution in [0.15, 0.2) is 23.1 Å². The molecule has 1 rings (SSSR count). The van der Waals surface area contributed by atoms with Crippen LogP contribution in [-0.2, 0) is 0 Å². The minimum absolute atomic E-state index is 0.267. The Labute approximate surface area is 136 Å². The molecule has 0 aromatic heterocycles. The summed E-state index contributed by atoms with van der Waals surface area (Å²) < 4.78 is 0.267. The van der Waals surface area contributed by atoms with Crippen molar-refractivity contribution in [3.63, 3.8) is 0 Å². The number of nitrogens with one attached hydrogen (secondary N) is 1. The van der Waals surface area contributed by atoms with E-state index in [1.807, 2.05) is 18.0 Å². The van der Waals surface area contributed by atoms with Gasteiger partial charge in [0, 0.05) is 27.4 Å². The summed E-state index contributed by atoms with van der Waals surface area (Å²) in [6, 6.07) is 6.17. The zero-order chi connectivity index (χ0) is 15.2. The van der Waals surface area contributed by atoms with Crippen LogP contribution in [0.25, 0.3) is 0 Å². The van der Waals surface area contributed by atoms with Crippen molar-refractivity contribution in [2.75, 3.05) is 24.4 Å². The molecule has 3 N–H and O–H groups in total. The maximum absolute atomic E-state index is 5.90. The summed E-state index contributed by atoms with van der Waals surface area (Å²) in [5, 5.41) is 3.56. The number of thioether (sulfide) groups is 2. The van der Waals surface area contributed by atoms with Crippen molar-refractivity contribution in [2.45, 2.75) is 36.3 Å². The topological polar surface area (TPSA) is 38.0 Å². The van der Waals surface area contributed by atoms with E-state index >= 15 is 0 Å². The molecule has 20 heavy (non-hydrogen) atoms. The fourth-order valence-electron chi connectivity index (χ4n) is 2.22. The highest BCUT2D eigenvalue weighted by atomic mass is 32.2. The number of hydrogen-bond acceptors (Lipinski definition) is 4. The molecule has 0 unspecified atom stereocenters. The second kappa shape index (κ2) is 8.15. The Morgan fingerprint density at radius 3 is 2.40 bits per heavy atom. The molecule has 0 bridgehead atoms. The Bertz CT molecular complexity index is 448. The van der Waals surface area contributed by atoms with Crippen molar-refractivity contribution in [1.82, 2.24) is 0 Å². The first kappa shape index (κ1) is 17.7. The summed E-state index contributed by atoms with van der Waals surface area (Å²) in [6.45, 7) is 5.41. The number of benzene rings is 1. The first-order valence-corrected chi connectivity index (χ1v) is 9.65. The van der Waals surface area contributed by atoms with Gasteiger partial charge in [0.05, 0.1) is 0 Å². The van der Waals surface area contributed by atoms with E-state index < -0.39 is 0 Å². The van der Waals surface area contributed by atoms with Crippen LogP contribution in [0.2, 0.25) is 0 Å². The number of thiocarbonyl (C=S) groups is 1. The van der Waals surface area contributed by atoms with Gasteiger partial charge in [-0.15, -0.1) is 11.8 Å². The molecule has 0 atom stereocenters. The standard InChI is InChI=1S/C15H24N2S3/c1-5-15(6-2,20-4)10-17-11-8-7-9-12(19-3)13(11)14(16)18/h7-9,17H,5-6,10H2,1-4H3,(H2,16,18). The van der Waals surface area contributed by atoms with Crippen molar-refractivity contribution in [1.29, 1.82) is 0 Å². The van der Waals surface area contributed by atoms with Gasteiger partial charge >= 0.3 is 0 Å². The Morgan fingerprint density at radius 2 is 1.95 bits per heavy atom.